The largest absolute Gasteiger partial charge is 0.300 e. The summed E-state index contributed by atoms with van der Waals surface area (Å²) in [6.45, 7) is 4.60. The van der Waals surface area contributed by atoms with Crippen LogP contribution in [0.4, 0.5) is 0 Å². The fraction of sp³-hybridized carbons (Fsp3) is 0.450. The topological polar surface area (TPSA) is 24.9 Å². The highest BCUT2D eigenvalue weighted by Crippen LogP contribution is 2.40. The number of benzene rings is 1. The van der Waals surface area contributed by atoms with Gasteiger partial charge in [0.05, 0.1) is 6.04 Å². The van der Waals surface area contributed by atoms with Crippen LogP contribution in [-0.4, -0.2) is 16.3 Å². The second kappa shape index (κ2) is 7.50. The van der Waals surface area contributed by atoms with Crippen molar-refractivity contribution in [3.8, 4) is 0 Å². The van der Waals surface area contributed by atoms with Gasteiger partial charge in [0, 0.05) is 28.6 Å². The van der Waals surface area contributed by atoms with Crippen molar-refractivity contribution >= 4 is 11.8 Å². The zero-order valence-electron chi connectivity index (χ0n) is 14.1. The van der Waals surface area contributed by atoms with Crippen LogP contribution in [0.3, 0.4) is 0 Å². The second-order valence-corrected chi connectivity index (χ2v) is 7.44. The van der Waals surface area contributed by atoms with Gasteiger partial charge in [0.15, 0.2) is 0 Å². The van der Waals surface area contributed by atoms with Gasteiger partial charge < -0.3 is 0 Å². The van der Waals surface area contributed by atoms with Gasteiger partial charge in [-0.2, -0.15) is 0 Å². The van der Waals surface area contributed by atoms with E-state index >= 15 is 0 Å². The van der Waals surface area contributed by atoms with Crippen molar-refractivity contribution in [2.24, 2.45) is 0 Å². The Balaban J connectivity index is 2.01. The van der Waals surface area contributed by atoms with Gasteiger partial charge in [-0.15, -0.1) is 11.8 Å². The highest BCUT2D eigenvalue weighted by Gasteiger charge is 2.35. The van der Waals surface area contributed by atoms with Crippen LogP contribution in [0.5, 0.6) is 0 Å². The first-order valence-electron chi connectivity index (χ1n) is 8.67. The Morgan fingerprint density at radius 1 is 1.17 bits per heavy atom. The average molecular weight is 327 g/mol. The van der Waals surface area contributed by atoms with Crippen LogP contribution in [-0.2, 0) is 0 Å². The molecule has 0 saturated heterocycles. The molecule has 122 valence electrons. The van der Waals surface area contributed by atoms with Crippen molar-refractivity contribution < 1.29 is 0 Å². The predicted octanol–water partition coefficient (Wildman–Crippen LogP) is 5.21. The minimum absolute atomic E-state index is 0.202. The molecular formula is C20H26N2S. The normalized spacial score (nSPS) is 24.0. The van der Waals surface area contributed by atoms with Crippen molar-refractivity contribution in [1.82, 2.24) is 10.3 Å². The van der Waals surface area contributed by atoms with Gasteiger partial charge in [0.2, 0.25) is 0 Å². The summed E-state index contributed by atoms with van der Waals surface area (Å²) in [5.41, 5.74) is 2.91. The first-order valence-corrected chi connectivity index (χ1v) is 9.66. The molecular weight excluding hydrogens is 300 g/mol. The lowest BCUT2D eigenvalue weighted by molar-refractivity contribution is 0.298. The number of hydrogen-bond donors (Lipinski definition) is 1. The first kappa shape index (κ1) is 16.5. The molecule has 0 aliphatic carbocycles. The Morgan fingerprint density at radius 3 is 2.70 bits per heavy atom. The number of aromatic nitrogens is 1. The van der Waals surface area contributed by atoms with Gasteiger partial charge in [0.1, 0.15) is 0 Å². The maximum atomic E-state index is 4.19. The molecule has 0 spiro atoms. The lowest BCUT2D eigenvalue weighted by Crippen LogP contribution is -2.48. The summed E-state index contributed by atoms with van der Waals surface area (Å²) in [5.74, 6) is 1.14. The standard InChI is InChI=1S/C20H26N2S/c1-3-5-12-20(4-2)15-23-18-9-7-6-8-17(18)19(22-20)16-10-13-21-14-11-16/h6-11,13-14,19,22H,3-5,12,15H2,1-2H3/t19-,20+/m0/s1. The van der Waals surface area contributed by atoms with E-state index in [1.165, 1.54) is 35.3 Å². The summed E-state index contributed by atoms with van der Waals surface area (Å²) in [4.78, 5) is 5.60. The van der Waals surface area contributed by atoms with E-state index in [1.807, 2.05) is 24.2 Å². The molecule has 3 rings (SSSR count). The van der Waals surface area contributed by atoms with Crippen LogP contribution in [0.25, 0.3) is 0 Å². The van der Waals surface area contributed by atoms with Gasteiger partial charge in [-0.25, -0.2) is 0 Å². The maximum absolute atomic E-state index is 4.19. The van der Waals surface area contributed by atoms with Crippen LogP contribution < -0.4 is 5.32 Å². The third kappa shape index (κ3) is 3.61. The Labute approximate surface area is 144 Å². The van der Waals surface area contributed by atoms with E-state index in [1.54, 1.807) is 0 Å². The Morgan fingerprint density at radius 2 is 1.96 bits per heavy atom. The van der Waals surface area contributed by atoms with E-state index in [0.29, 0.717) is 0 Å². The van der Waals surface area contributed by atoms with Crippen LogP contribution in [0, 0.1) is 0 Å². The molecule has 1 aliphatic heterocycles. The van der Waals surface area contributed by atoms with Crippen LogP contribution >= 0.6 is 11.8 Å². The molecule has 2 nitrogen and oxygen atoms in total. The lowest BCUT2D eigenvalue weighted by atomic mass is 9.88. The highest BCUT2D eigenvalue weighted by molar-refractivity contribution is 7.99. The molecule has 0 saturated carbocycles. The molecule has 2 heterocycles. The molecule has 3 heteroatoms. The van der Waals surface area contributed by atoms with Crippen molar-refractivity contribution in [1.29, 1.82) is 0 Å². The first-order chi connectivity index (χ1) is 11.3. The van der Waals surface area contributed by atoms with Crippen molar-refractivity contribution in [3.63, 3.8) is 0 Å². The third-order valence-electron chi connectivity index (χ3n) is 4.91. The van der Waals surface area contributed by atoms with E-state index in [2.05, 4.69) is 60.5 Å². The molecule has 2 aromatic rings. The molecule has 1 aromatic carbocycles. The van der Waals surface area contributed by atoms with Crippen molar-refractivity contribution in [2.75, 3.05) is 5.75 Å². The quantitative estimate of drug-likeness (QED) is 0.817. The molecule has 0 fully saturated rings. The summed E-state index contributed by atoms with van der Waals surface area (Å²) < 4.78 is 0. The van der Waals surface area contributed by atoms with Crippen molar-refractivity contribution in [3.05, 3.63) is 59.9 Å². The molecule has 1 aliphatic rings. The zero-order valence-corrected chi connectivity index (χ0v) is 14.9. The number of rotatable bonds is 5. The van der Waals surface area contributed by atoms with E-state index < -0.39 is 0 Å². The minimum Gasteiger partial charge on any atom is -0.300 e. The van der Waals surface area contributed by atoms with E-state index in [9.17, 15) is 0 Å². The molecule has 1 aromatic heterocycles. The summed E-state index contributed by atoms with van der Waals surface area (Å²) in [7, 11) is 0. The number of fused-ring (bicyclic) bond motifs is 1. The molecule has 0 radical (unpaired) electrons. The minimum atomic E-state index is 0.202. The fourth-order valence-electron chi connectivity index (χ4n) is 3.35. The maximum Gasteiger partial charge on any atom is 0.0593 e. The van der Waals surface area contributed by atoms with Crippen molar-refractivity contribution in [2.45, 2.75) is 56.0 Å². The third-order valence-corrected chi connectivity index (χ3v) is 6.29. The van der Waals surface area contributed by atoms with Gasteiger partial charge in [-0.05, 0) is 42.2 Å². The monoisotopic (exact) mass is 326 g/mol. The number of unbranched alkanes of at least 4 members (excludes halogenated alkanes) is 1. The number of hydrogen-bond acceptors (Lipinski definition) is 3. The SMILES string of the molecule is CCCC[C@]1(CC)CSc2ccccc2[C@H](c2ccncc2)N1. The fourth-order valence-corrected chi connectivity index (χ4v) is 4.74. The Hall–Kier alpha value is -1.32. The second-order valence-electron chi connectivity index (χ2n) is 6.42. The van der Waals surface area contributed by atoms with Gasteiger partial charge in [-0.1, -0.05) is 44.9 Å². The summed E-state index contributed by atoms with van der Waals surface area (Å²) in [5, 5.41) is 4.04. The smallest absolute Gasteiger partial charge is 0.0593 e. The van der Waals surface area contributed by atoms with Gasteiger partial charge >= 0.3 is 0 Å². The number of nitrogens with one attached hydrogen (secondary N) is 1. The number of pyridine rings is 1. The molecule has 0 amide bonds. The van der Waals surface area contributed by atoms with E-state index in [4.69, 9.17) is 0 Å². The summed E-state index contributed by atoms with van der Waals surface area (Å²) >= 11 is 2.01. The molecule has 1 N–H and O–H groups in total. The van der Waals surface area contributed by atoms with Gasteiger partial charge in [0.25, 0.3) is 0 Å². The van der Waals surface area contributed by atoms with Crippen LogP contribution in [0.15, 0.2) is 53.7 Å². The predicted molar refractivity (Wildman–Crippen MR) is 98.9 cm³/mol. The molecule has 0 unspecified atom stereocenters. The average Bonchev–Trinajstić information content (AvgIpc) is 2.79. The van der Waals surface area contributed by atoms with Crippen LogP contribution in [0.1, 0.15) is 56.7 Å². The van der Waals surface area contributed by atoms with E-state index in [0.717, 1.165) is 12.2 Å². The lowest BCUT2D eigenvalue weighted by Gasteiger charge is -2.36. The number of nitrogens with zero attached hydrogens (tertiary/aromatic N) is 1. The number of thioether (sulfide) groups is 1. The highest BCUT2D eigenvalue weighted by atomic mass is 32.2. The van der Waals surface area contributed by atoms with E-state index in [-0.39, 0.29) is 11.6 Å². The Bertz CT molecular complexity index is 629. The molecule has 23 heavy (non-hydrogen) atoms. The Kier molecular flexibility index (Phi) is 5.39. The summed E-state index contributed by atoms with van der Waals surface area (Å²) in [6, 6.07) is 13.4. The zero-order chi connectivity index (χ0) is 16.1. The summed E-state index contributed by atoms with van der Waals surface area (Å²) in [6.07, 6.45) is 8.73. The van der Waals surface area contributed by atoms with Crippen LogP contribution in [0.2, 0.25) is 0 Å². The van der Waals surface area contributed by atoms with Gasteiger partial charge in [-0.3, -0.25) is 10.3 Å². The molecule has 2 atom stereocenters. The molecule has 0 bridgehead atoms.